The summed E-state index contributed by atoms with van der Waals surface area (Å²) in [7, 11) is 0. The summed E-state index contributed by atoms with van der Waals surface area (Å²) in [5.74, 6) is 0.531. The summed E-state index contributed by atoms with van der Waals surface area (Å²) in [6, 6.07) is 0. The molecule has 2 rings (SSSR count). The zero-order valence-electron chi connectivity index (χ0n) is 10.9. The van der Waals surface area contributed by atoms with Crippen LogP contribution in [0.2, 0.25) is 0 Å². The van der Waals surface area contributed by atoms with Crippen LogP contribution >= 0.6 is 0 Å². The van der Waals surface area contributed by atoms with Crippen molar-refractivity contribution in [3.63, 3.8) is 0 Å². The number of rotatable bonds is 5. The first-order chi connectivity index (χ1) is 8.00. The van der Waals surface area contributed by atoms with E-state index in [-0.39, 0.29) is 11.5 Å². The minimum atomic E-state index is -0.550. The second kappa shape index (κ2) is 4.58. The molecule has 0 aromatic carbocycles. The maximum absolute atomic E-state index is 11.8. The summed E-state index contributed by atoms with van der Waals surface area (Å²) >= 11 is 0. The highest BCUT2D eigenvalue weighted by Gasteiger charge is 2.46. The van der Waals surface area contributed by atoms with E-state index < -0.39 is 5.54 Å². The molecule has 1 amide bonds. The molecular formula is C13H24N2O2. The van der Waals surface area contributed by atoms with Gasteiger partial charge in [0.1, 0.15) is 5.54 Å². The summed E-state index contributed by atoms with van der Waals surface area (Å²) in [4.78, 5) is 11.8. The Morgan fingerprint density at radius 2 is 2.24 bits per heavy atom. The summed E-state index contributed by atoms with van der Waals surface area (Å²) < 4.78 is 5.79. The van der Waals surface area contributed by atoms with Crippen molar-refractivity contribution < 1.29 is 9.53 Å². The fourth-order valence-electron chi connectivity index (χ4n) is 2.59. The number of nitrogens with one attached hydrogen (secondary N) is 1. The van der Waals surface area contributed by atoms with Crippen LogP contribution in [0.4, 0.5) is 0 Å². The lowest BCUT2D eigenvalue weighted by molar-refractivity contribution is -0.141. The topological polar surface area (TPSA) is 64.3 Å². The number of nitrogens with two attached hydrogens (primary N) is 1. The van der Waals surface area contributed by atoms with E-state index in [0.717, 1.165) is 18.9 Å². The zero-order chi connectivity index (χ0) is 12.5. The van der Waals surface area contributed by atoms with Gasteiger partial charge in [-0.25, -0.2) is 0 Å². The molecule has 0 aromatic heterocycles. The maximum atomic E-state index is 11.8. The number of hydrogen-bond donors (Lipinski definition) is 2. The van der Waals surface area contributed by atoms with Crippen molar-refractivity contribution in [2.75, 3.05) is 13.2 Å². The lowest BCUT2D eigenvalue weighted by Crippen LogP contribution is -2.62. The lowest BCUT2D eigenvalue weighted by Gasteiger charge is -2.44. The molecule has 0 spiro atoms. The van der Waals surface area contributed by atoms with Crippen LogP contribution in [0.5, 0.6) is 0 Å². The highest BCUT2D eigenvalue weighted by atomic mass is 16.5. The molecule has 17 heavy (non-hydrogen) atoms. The quantitative estimate of drug-likeness (QED) is 0.758. The number of ether oxygens (including phenoxy) is 1. The Kier molecular flexibility index (Phi) is 3.46. The van der Waals surface area contributed by atoms with Gasteiger partial charge in [-0.3, -0.25) is 4.79 Å². The monoisotopic (exact) mass is 240 g/mol. The van der Waals surface area contributed by atoms with Gasteiger partial charge in [0.15, 0.2) is 0 Å². The highest BCUT2D eigenvalue weighted by Crippen LogP contribution is 2.36. The third kappa shape index (κ3) is 2.80. The first kappa shape index (κ1) is 12.8. The molecule has 0 radical (unpaired) electrons. The van der Waals surface area contributed by atoms with E-state index in [0.29, 0.717) is 19.4 Å². The van der Waals surface area contributed by atoms with Crippen molar-refractivity contribution >= 4 is 5.91 Å². The maximum Gasteiger partial charge on any atom is 0.237 e. The van der Waals surface area contributed by atoms with Gasteiger partial charge in [0, 0.05) is 13.0 Å². The summed E-state index contributed by atoms with van der Waals surface area (Å²) in [6.45, 7) is 5.70. The van der Waals surface area contributed by atoms with E-state index in [9.17, 15) is 4.79 Å². The Morgan fingerprint density at radius 1 is 1.53 bits per heavy atom. The Hall–Kier alpha value is -0.610. The first-order valence-electron chi connectivity index (χ1n) is 6.69. The SMILES string of the molecule is CCC1(C)CC(NCC2CC2)(C(N)=O)CCO1. The van der Waals surface area contributed by atoms with Gasteiger partial charge >= 0.3 is 0 Å². The third-order valence-corrected chi connectivity index (χ3v) is 4.30. The number of carbonyl (C=O) groups excluding carboxylic acids is 1. The molecule has 1 heterocycles. The molecule has 2 fully saturated rings. The second-order valence-electron chi connectivity index (χ2n) is 5.85. The van der Waals surface area contributed by atoms with Gasteiger partial charge in [0.25, 0.3) is 0 Å². The molecule has 0 bridgehead atoms. The smallest absolute Gasteiger partial charge is 0.237 e. The van der Waals surface area contributed by atoms with Gasteiger partial charge in [-0.2, -0.15) is 0 Å². The Labute approximate surface area is 103 Å². The third-order valence-electron chi connectivity index (χ3n) is 4.30. The molecule has 1 aliphatic heterocycles. The molecule has 1 aliphatic carbocycles. The van der Waals surface area contributed by atoms with E-state index in [1.165, 1.54) is 12.8 Å². The van der Waals surface area contributed by atoms with E-state index in [1.54, 1.807) is 0 Å². The van der Waals surface area contributed by atoms with Crippen molar-refractivity contribution in [1.29, 1.82) is 0 Å². The van der Waals surface area contributed by atoms with Crippen molar-refractivity contribution in [3.05, 3.63) is 0 Å². The number of hydrogen-bond acceptors (Lipinski definition) is 3. The molecule has 2 unspecified atom stereocenters. The molecule has 4 heteroatoms. The van der Waals surface area contributed by atoms with Gasteiger partial charge in [0.2, 0.25) is 5.91 Å². The van der Waals surface area contributed by atoms with Crippen LogP contribution in [0.15, 0.2) is 0 Å². The molecule has 3 N–H and O–H groups in total. The largest absolute Gasteiger partial charge is 0.375 e. The molecule has 0 aromatic rings. The lowest BCUT2D eigenvalue weighted by atomic mass is 9.78. The van der Waals surface area contributed by atoms with Gasteiger partial charge in [-0.05, 0) is 45.1 Å². The molecule has 4 nitrogen and oxygen atoms in total. The van der Waals surface area contributed by atoms with Gasteiger partial charge in [-0.15, -0.1) is 0 Å². The van der Waals surface area contributed by atoms with Crippen LogP contribution < -0.4 is 11.1 Å². The minimum Gasteiger partial charge on any atom is -0.375 e. The predicted octanol–water partition coefficient (Wildman–Crippen LogP) is 1.19. The van der Waals surface area contributed by atoms with Crippen molar-refractivity contribution in [1.82, 2.24) is 5.32 Å². The fraction of sp³-hybridized carbons (Fsp3) is 0.923. The zero-order valence-corrected chi connectivity index (χ0v) is 10.9. The van der Waals surface area contributed by atoms with Crippen molar-refractivity contribution in [3.8, 4) is 0 Å². The van der Waals surface area contributed by atoms with Crippen LogP contribution in [0.3, 0.4) is 0 Å². The second-order valence-corrected chi connectivity index (χ2v) is 5.85. The minimum absolute atomic E-state index is 0.218. The Bertz CT molecular complexity index is 304. The summed E-state index contributed by atoms with van der Waals surface area (Å²) in [5, 5.41) is 3.43. The number of carbonyl (C=O) groups is 1. The Balaban J connectivity index is 2.06. The van der Waals surface area contributed by atoms with Crippen LogP contribution in [0, 0.1) is 5.92 Å². The molecule has 2 atom stereocenters. The standard InChI is InChI=1S/C13H24N2O2/c1-3-12(2)9-13(11(14)16,6-7-17-12)15-8-10-4-5-10/h10,15H,3-9H2,1-2H3,(H2,14,16). The summed E-state index contributed by atoms with van der Waals surface area (Å²) in [5.41, 5.74) is 4.86. The Morgan fingerprint density at radius 3 is 2.76 bits per heavy atom. The van der Waals surface area contributed by atoms with Crippen LogP contribution in [0.25, 0.3) is 0 Å². The van der Waals surface area contributed by atoms with E-state index in [2.05, 4.69) is 19.2 Å². The van der Waals surface area contributed by atoms with Crippen molar-refractivity contribution in [2.24, 2.45) is 11.7 Å². The molecular weight excluding hydrogens is 216 g/mol. The number of amides is 1. The fourth-order valence-corrected chi connectivity index (χ4v) is 2.59. The van der Waals surface area contributed by atoms with E-state index in [1.807, 2.05) is 0 Å². The molecule has 98 valence electrons. The molecule has 1 saturated carbocycles. The van der Waals surface area contributed by atoms with E-state index in [4.69, 9.17) is 10.5 Å². The molecule has 2 aliphatic rings. The van der Waals surface area contributed by atoms with Crippen LogP contribution in [-0.4, -0.2) is 30.2 Å². The number of primary amides is 1. The average molecular weight is 240 g/mol. The van der Waals surface area contributed by atoms with Crippen LogP contribution in [-0.2, 0) is 9.53 Å². The van der Waals surface area contributed by atoms with E-state index >= 15 is 0 Å². The van der Waals surface area contributed by atoms with Crippen LogP contribution in [0.1, 0.15) is 46.0 Å². The van der Waals surface area contributed by atoms with Gasteiger partial charge in [-0.1, -0.05) is 6.92 Å². The summed E-state index contributed by atoms with van der Waals surface area (Å²) in [6.07, 6.45) is 4.86. The van der Waals surface area contributed by atoms with Gasteiger partial charge in [0.05, 0.1) is 5.60 Å². The van der Waals surface area contributed by atoms with Crippen molar-refractivity contribution in [2.45, 2.75) is 57.1 Å². The normalized spacial score (nSPS) is 38.0. The predicted molar refractivity (Wildman–Crippen MR) is 66.5 cm³/mol. The highest BCUT2D eigenvalue weighted by molar-refractivity contribution is 5.85. The van der Waals surface area contributed by atoms with Gasteiger partial charge < -0.3 is 15.8 Å². The average Bonchev–Trinajstić information content (AvgIpc) is 3.10. The first-order valence-corrected chi connectivity index (χ1v) is 6.69. The molecule has 1 saturated heterocycles.